The standard InChI is InChI=1S/C15H22N6/c1-16-14-10-13(12-6-4-7-17-11-12)19-15(20-14)18-8-5-9-21(2)3/h4,6-7,10-11H,5,8-9H2,1-3H3,(H2,16,18,19,20). The molecule has 2 aromatic heterocycles. The summed E-state index contributed by atoms with van der Waals surface area (Å²) in [6, 6.07) is 5.81. The van der Waals surface area contributed by atoms with Gasteiger partial charge in [-0.1, -0.05) is 0 Å². The second-order valence-electron chi connectivity index (χ2n) is 5.04. The van der Waals surface area contributed by atoms with Gasteiger partial charge in [0.1, 0.15) is 5.82 Å². The molecule has 0 aromatic carbocycles. The lowest BCUT2D eigenvalue weighted by atomic mass is 10.2. The molecule has 112 valence electrons. The zero-order chi connectivity index (χ0) is 15.1. The van der Waals surface area contributed by atoms with Gasteiger partial charge >= 0.3 is 0 Å². The molecule has 0 radical (unpaired) electrons. The van der Waals surface area contributed by atoms with Gasteiger partial charge in [0.05, 0.1) is 5.69 Å². The van der Waals surface area contributed by atoms with Crippen molar-refractivity contribution in [1.82, 2.24) is 19.9 Å². The monoisotopic (exact) mass is 286 g/mol. The molecule has 2 heterocycles. The van der Waals surface area contributed by atoms with E-state index in [9.17, 15) is 0 Å². The smallest absolute Gasteiger partial charge is 0.225 e. The third-order valence-electron chi connectivity index (χ3n) is 3.00. The van der Waals surface area contributed by atoms with Crippen molar-refractivity contribution in [3.63, 3.8) is 0 Å². The minimum Gasteiger partial charge on any atom is -0.373 e. The molecule has 2 aromatic rings. The minimum absolute atomic E-state index is 0.638. The number of rotatable bonds is 7. The van der Waals surface area contributed by atoms with Crippen LogP contribution in [0.3, 0.4) is 0 Å². The molecule has 6 heteroatoms. The molecular weight excluding hydrogens is 264 g/mol. The molecule has 0 aliphatic carbocycles. The molecule has 0 unspecified atom stereocenters. The fraction of sp³-hybridized carbons (Fsp3) is 0.400. The molecule has 2 rings (SSSR count). The summed E-state index contributed by atoms with van der Waals surface area (Å²) < 4.78 is 0. The Balaban J connectivity index is 2.11. The quantitative estimate of drug-likeness (QED) is 0.758. The highest BCUT2D eigenvalue weighted by molar-refractivity contribution is 5.63. The van der Waals surface area contributed by atoms with Gasteiger partial charge in [-0.3, -0.25) is 4.98 Å². The zero-order valence-electron chi connectivity index (χ0n) is 12.8. The number of nitrogens with zero attached hydrogens (tertiary/aromatic N) is 4. The Bertz CT molecular complexity index is 555. The maximum Gasteiger partial charge on any atom is 0.225 e. The van der Waals surface area contributed by atoms with Crippen LogP contribution in [0.15, 0.2) is 30.6 Å². The van der Waals surface area contributed by atoms with Crippen molar-refractivity contribution in [2.75, 3.05) is 44.9 Å². The van der Waals surface area contributed by atoms with Crippen molar-refractivity contribution >= 4 is 11.8 Å². The van der Waals surface area contributed by atoms with E-state index in [1.807, 2.05) is 25.2 Å². The van der Waals surface area contributed by atoms with Gasteiger partial charge in [-0.05, 0) is 39.2 Å². The fourth-order valence-electron chi connectivity index (χ4n) is 1.91. The lowest BCUT2D eigenvalue weighted by Gasteiger charge is -2.11. The topological polar surface area (TPSA) is 66.0 Å². The van der Waals surface area contributed by atoms with E-state index in [4.69, 9.17) is 0 Å². The first-order valence-electron chi connectivity index (χ1n) is 7.05. The number of anilines is 2. The van der Waals surface area contributed by atoms with Crippen LogP contribution < -0.4 is 10.6 Å². The molecule has 0 saturated carbocycles. The summed E-state index contributed by atoms with van der Waals surface area (Å²) in [5.74, 6) is 1.43. The van der Waals surface area contributed by atoms with Crippen molar-refractivity contribution in [1.29, 1.82) is 0 Å². The van der Waals surface area contributed by atoms with Crippen LogP contribution in [-0.2, 0) is 0 Å². The van der Waals surface area contributed by atoms with E-state index in [0.29, 0.717) is 5.95 Å². The summed E-state index contributed by atoms with van der Waals surface area (Å²) in [5, 5.41) is 6.34. The van der Waals surface area contributed by atoms with Crippen LogP contribution >= 0.6 is 0 Å². The van der Waals surface area contributed by atoms with E-state index in [0.717, 1.165) is 36.6 Å². The molecule has 6 nitrogen and oxygen atoms in total. The molecule has 0 aliphatic heterocycles. The van der Waals surface area contributed by atoms with E-state index in [1.54, 1.807) is 12.4 Å². The molecule has 21 heavy (non-hydrogen) atoms. The first-order valence-corrected chi connectivity index (χ1v) is 7.05. The summed E-state index contributed by atoms with van der Waals surface area (Å²) >= 11 is 0. The average Bonchev–Trinajstić information content (AvgIpc) is 2.52. The van der Waals surface area contributed by atoms with Gasteiger partial charge < -0.3 is 15.5 Å². The molecule has 2 N–H and O–H groups in total. The van der Waals surface area contributed by atoms with Crippen molar-refractivity contribution < 1.29 is 0 Å². The van der Waals surface area contributed by atoms with Crippen LogP contribution in [-0.4, -0.2) is 54.1 Å². The van der Waals surface area contributed by atoms with Crippen LogP contribution in [0, 0.1) is 0 Å². The third-order valence-corrected chi connectivity index (χ3v) is 3.00. The largest absolute Gasteiger partial charge is 0.373 e. The second-order valence-corrected chi connectivity index (χ2v) is 5.04. The van der Waals surface area contributed by atoms with Crippen molar-refractivity contribution in [2.45, 2.75) is 6.42 Å². The van der Waals surface area contributed by atoms with E-state index in [2.05, 4.69) is 44.6 Å². The highest BCUT2D eigenvalue weighted by Gasteiger charge is 2.06. The molecule has 0 amide bonds. The van der Waals surface area contributed by atoms with Crippen LogP contribution in [0.25, 0.3) is 11.3 Å². The van der Waals surface area contributed by atoms with Crippen LogP contribution in [0.5, 0.6) is 0 Å². The van der Waals surface area contributed by atoms with Gasteiger partial charge in [-0.15, -0.1) is 0 Å². The Labute approximate surface area is 125 Å². The van der Waals surface area contributed by atoms with Gasteiger partial charge in [0.25, 0.3) is 0 Å². The van der Waals surface area contributed by atoms with Crippen molar-refractivity contribution in [2.24, 2.45) is 0 Å². The van der Waals surface area contributed by atoms with Gasteiger partial charge in [-0.2, -0.15) is 4.98 Å². The number of pyridine rings is 1. The number of hydrogen-bond acceptors (Lipinski definition) is 6. The van der Waals surface area contributed by atoms with E-state index in [-0.39, 0.29) is 0 Å². The zero-order valence-corrected chi connectivity index (χ0v) is 12.8. The van der Waals surface area contributed by atoms with E-state index in [1.165, 1.54) is 0 Å². The first-order chi connectivity index (χ1) is 10.2. The Morgan fingerprint density at radius 3 is 2.76 bits per heavy atom. The maximum absolute atomic E-state index is 4.55. The Morgan fingerprint density at radius 1 is 1.24 bits per heavy atom. The predicted octanol–water partition coefficient (Wildman–Crippen LogP) is 1.94. The Kier molecular flexibility index (Phi) is 5.45. The van der Waals surface area contributed by atoms with Crippen molar-refractivity contribution in [3.8, 4) is 11.3 Å². The van der Waals surface area contributed by atoms with E-state index >= 15 is 0 Å². The summed E-state index contributed by atoms with van der Waals surface area (Å²) in [6.07, 6.45) is 4.60. The van der Waals surface area contributed by atoms with Crippen molar-refractivity contribution in [3.05, 3.63) is 30.6 Å². The van der Waals surface area contributed by atoms with Gasteiger partial charge in [0.2, 0.25) is 5.95 Å². The second kappa shape index (κ2) is 7.54. The van der Waals surface area contributed by atoms with Gasteiger partial charge in [0.15, 0.2) is 0 Å². The average molecular weight is 286 g/mol. The van der Waals surface area contributed by atoms with Gasteiger partial charge in [0, 0.05) is 37.6 Å². The number of aromatic nitrogens is 3. The summed E-state index contributed by atoms with van der Waals surface area (Å²) in [7, 11) is 5.99. The highest BCUT2D eigenvalue weighted by Crippen LogP contribution is 2.20. The fourth-order valence-corrected chi connectivity index (χ4v) is 1.91. The molecule has 0 saturated heterocycles. The molecule has 0 spiro atoms. The summed E-state index contributed by atoms with van der Waals surface area (Å²) in [6.45, 7) is 1.88. The molecule has 0 atom stereocenters. The SMILES string of the molecule is CNc1cc(-c2cccnc2)nc(NCCCN(C)C)n1. The maximum atomic E-state index is 4.55. The Morgan fingerprint density at radius 2 is 2.10 bits per heavy atom. The molecule has 0 bridgehead atoms. The lowest BCUT2D eigenvalue weighted by molar-refractivity contribution is 0.405. The summed E-state index contributed by atoms with van der Waals surface area (Å²) in [5.41, 5.74) is 1.84. The van der Waals surface area contributed by atoms with Gasteiger partial charge in [-0.25, -0.2) is 4.98 Å². The number of nitrogens with one attached hydrogen (secondary N) is 2. The van der Waals surface area contributed by atoms with E-state index < -0.39 is 0 Å². The lowest BCUT2D eigenvalue weighted by Crippen LogP contribution is -2.17. The van der Waals surface area contributed by atoms with Crippen LogP contribution in [0.1, 0.15) is 6.42 Å². The van der Waals surface area contributed by atoms with Crippen LogP contribution in [0.4, 0.5) is 11.8 Å². The molecule has 0 aliphatic rings. The molecular formula is C15H22N6. The van der Waals surface area contributed by atoms with Crippen LogP contribution in [0.2, 0.25) is 0 Å². The first kappa shape index (κ1) is 15.2. The predicted molar refractivity (Wildman–Crippen MR) is 86.5 cm³/mol. The minimum atomic E-state index is 0.638. The summed E-state index contributed by atoms with van der Waals surface area (Å²) in [4.78, 5) is 15.3. The highest BCUT2D eigenvalue weighted by atomic mass is 15.1. The third kappa shape index (κ3) is 4.68. The Hall–Kier alpha value is -2.21. The number of hydrogen-bond donors (Lipinski definition) is 2. The normalized spacial score (nSPS) is 10.7. The molecule has 0 fully saturated rings.